The lowest BCUT2D eigenvalue weighted by Gasteiger charge is -2.21. The summed E-state index contributed by atoms with van der Waals surface area (Å²) in [6.07, 6.45) is -0.337. The SMILES string of the molecule is COc1c(CC(=O)O)cc2c(c1F)OCCO2. The van der Waals surface area contributed by atoms with E-state index in [2.05, 4.69) is 0 Å². The van der Waals surface area contributed by atoms with Crippen LogP contribution in [0.4, 0.5) is 4.39 Å². The fourth-order valence-electron chi connectivity index (χ4n) is 1.69. The molecule has 5 nitrogen and oxygen atoms in total. The van der Waals surface area contributed by atoms with E-state index >= 15 is 0 Å². The second kappa shape index (κ2) is 4.48. The number of aliphatic carboxylic acids is 1. The summed E-state index contributed by atoms with van der Waals surface area (Å²) in [5.74, 6) is -1.72. The number of hydrogen-bond donors (Lipinski definition) is 1. The Balaban J connectivity index is 2.51. The molecule has 1 heterocycles. The first-order chi connectivity index (χ1) is 8.13. The molecule has 1 aliphatic rings. The van der Waals surface area contributed by atoms with Crippen molar-refractivity contribution in [2.24, 2.45) is 0 Å². The van der Waals surface area contributed by atoms with Gasteiger partial charge in [0.1, 0.15) is 13.2 Å². The van der Waals surface area contributed by atoms with Crippen LogP contribution in [0, 0.1) is 5.82 Å². The normalized spacial score (nSPS) is 13.3. The molecule has 17 heavy (non-hydrogen) atoms. The summed E-state index contributed by atoms with van der Waals surface area (Å²) in [5, 5.41) is 8.73. The Bertz CT molecular complexity index is 458. The Labute approximate surface area is 96.7 Å². The number of halogens is 1. The van der Waals surface area contributed by atoms with E-state index in [0.29, 0.717) is 6.61 Å². The molecule has 2 rings (SSSR count). The Kier molecular flexibility index (Phi) is 3.03. The molecule has 1 N–H and O–H groups in total. The van der Waals surface area contributed by atoms with Crippen molar-refractivity contribution in [2.75, 3.05) is 20.3 Å². The molecule has 92 valence electrons. The standard InChI is InChI=1S/C11H11FO5/c1-15-10-6(5-8(13)14)4-7-11(9(10)12)17-3-2-16-7/h4H,2-3,5H2,1H3,(H,13,14). The average molecular weight is 242 g/mol. The van der Waals surface area contributed by atoms with Crippen LogP contribution in [-0.2, 0) is 11.2 Å². The molecule has 1 aromatic carbocycles. The molecular weight excluding hydrogens is 231 g/mol. The van der Waals surface area contributed by atoms with Crippen molar-refractivity contribution in [1.82, 2.24) is 0 Å². The summed E-state index contributed by atoms with van der Waals surface area (Å²) >= 11 is 0. The first-order valence-corrected chi connectivity index (χ1v) is 5.00. The third-order valence-corrected chi connectivity index (χ3v) is 2.35. The molecule has 0 unspecified atom stereocenters. The number of carbonyl (C=O) groups is 1. The summed E-state index contributed by atoms with van der Waals surface area (Å²) < 4.78 is 29.2. The fourth-order valence-corrected chi connectivity index (χ4v) is 1.69. The number of benzene rings is 1. The number of carboxylic acid groups (broad SMARTS) is 1. The average Bonchev–Trinajstić information content (AvgIpc) is 2.29. The summed E-state index contributed by atoms with van der Waals surface area (Å²) in [6.45, 7) is 0.566. The number of rotatable bonds is 3. The molecule has 0 bridgehead atoms. The van der Waals surface area contributed by atoms with Gasteiger partial charge in [-0.2, -0.15) is 4.39 Å². The molecular formula is C11H11FO5. The van der Waals surface area contributed by atoms with Crippen LogP contribution < -0.4 is 14.2 Å². The van der Waals surface area contributed by atoms with Crippen LogP contribution in [0.1, 0.15) is 5.56 Å². The van der Waals surface area contributed by atoms with E-state index in [1.165, 1.54) is 13.2 Å². The minimum atomic E-state index is -1.07. The van der Waals surface area contributed by atoms with Crippen molar-refractivity contribution in [1.29, 1.82) is 0 Å². The van der Waals surface area contributed by atoms with Gasteiger partial charge < -0.3 is 19.3 Å². The van der Waals surface area contributed by atoms with Gasteiger partial charge in [0, 0.05) is 5.56 Å². The van der Waals surface area contributed by atoms with E-state index < -0.39 is 11.8 Å². The highest BCUT2D eigenvalue weighted by atomic mass is 19.1. The highest BCUT2D eigenvalue weighted by Gasteiger charge is 2.24. The molecule has 0 atom stereocenters. The van der Waals surface area contributed by atoms with Gasteiger partial charge in [-0.3, -0.25) is 4.79 Å². The van der Waals surface area contributed by atoms with Crippen LogP contribution in [0.25, 0.3) is 0 Å². The molecule has 1 aliphatic heterocycles. The molecule has 6 heteroatoms. The zero-order valence-corrected chi connectivity index (χ0v) is 9.16. The van der Waals surface area contributed by atoms with Crippen LogP contribution in [0.2, 0.25) is 0 Å². The van der Waals surface area contributed by atoms with Crippen LogP contribution in [-0.4, -0.2) is 31.4 Å². The second-order valence-electron chi connectivity index (χ2n) is 3.48. The molecule has 0 amide bonds. The molecule has 0 spiro atoms. The third-order valence-electron chi connectivity index (χ3n) is 2.35. The van der Waals surface area contributed by atoms with E-state index in [1.807, 2.05) is 0 Å². The van der Waals surface area contributed by atoms with E-state index in [-0.39, 0.29) is 35.8 Å². The summed E-state index contributed by atoms with van der Waals surface area (Å²) in [6, 6.07) is 1.44. The van der Waals surface area contributed by atoms with Crippen molar-refractivity contribution in [3.8, 4) is 17.2 Å². The number of methoxy groups -OCH3 is 1. The zero-order chi connectivity index (χ0) is 12.4. The van der Waals surface area contributed by atoms with Crippen LogP contribution in [0.3, 0.4) is 0 Å². The van der Waals surface area contributed by atoms with E-state index in [1.54, 1.807) is 0 Å². The van der Waals surface area contributed by atoms with Crippen molar-refractivity contribution in [3.63, 3.8) is 0 Å². The van der Waals surface area contributed by atoms with Gasteiger partial charge in [-0.25, -0.2) is 0 Å². The maximum absolute atomic E-state index is 13.9. The van der Waals surface area contributed by atoms with Crippen molar-refractivity contribution in [2.45, 2.75) is 6.42 Å². The lowest BCUT2D eigenvalue weighted by molar-refractivity contribution is -0.136. The molecule has 0 fully saturated rings. The van der Waals surface area contributed by atoms with Gasteiger partial charge in [0.2, 0.25) is 11.6 Å². The largest absolute Gasteiger partial charge is 0.493 e. The number of carboxylic acids is 1. The lowest BCUT2D eigenvalue weighted by atomic mass is 10.1. The highest BCUT2D eigenvalue weighted by Crippen LogP contribution is 2.40. The molecule has 0 aromatic heterocycles. The van der Waals surface area contributed by atoms with E-state index in [0.717, 1.165) is 0 Å². The van der Waals surface area contributed by atoms with Crippen molar-refractivity contribution < 1.29 is 28.5 Å². The number of hydrogen-bond acceptors (Lipinski definition) is 4. The van der Waals surface area contributed by atoms with Gasteiger partial charge in [0.05, 0.1) is 13.5 Å². The molecule has 0 saturated heterocycles. The maximum atomic E-state index is 13.9. The maximum Gasteiger partial charge on any atom is 0.307 e. The summed E-state index contributed by atoms with van der Waals surface area (Å²) in [4.78, 5) is 10.7. The van der Waals surface area contributed by atoms with E-state index in [4.69, 9.17) is 19.3 Å². The van der Waals surface area contributed by atoms with Gasteiger partial charge in [-0.05, 0) is 6.07 Å². The van der Waals surface area contributed by atoms with Gasteiger partial charge in [-0.1, -0.05) is 0 Å². The second-order valence-corrected chi connectivity index (χ2v) is 3.48. The Morgan fingerprint density at radius 1 is 1.53 bits per heavy atom. The Morgan fingerprint density at radius 2 is 2.24 bits per heavy atom. The third kappa shape index (κ3) is 2.11. The first kappa shape index (κ1) is 11.5. The first-order valence-electron chi connectivity index (χ1n) is 5.00. The topological polar surface area (TPSA) is 65.0 Å². The molecule has 1 aromatic rings. The number of ether oxygens (including phenoxy) is 3. The lowest BCUT2D eigenvalue weighted by Crippen LogP contribution is -2.17. The summed E-state index contributed by atoms with van der Waals surface area (Å²) in [5.41, 5.74) is 0.224. The minimum Gasteiger partial charge on any atom is -0.493 e. The Hall–Kier alpha value is -1.98. The van der Waals surface area contributed by atoms with Crippen LogP contribution in [0.15, 0.2) is 6.07 Å². The van der Waals surface area contributed by atoms with Crippen LogP contribution in [0.5, 0.6) is 17.2 Å². The van der Waals surface area contributed by atoms with Gasteiger partial charge >= 0.3 is 5.97 Å². The van der Waals surface area contributed by atoms with Gasteiger partial charge in [-0.15, -0.1) is 0 Å². The molecule has 0 saturated carbocycles. The summed E-state index contributed by atoms with van der Waals surface area (Å²) in [7, 11) is 1.28. The van der Waals surface area contributed by atoms with Crippen LogP contribution >= 0.6 is 0 Å². The Morgan fingerprint density at radius 3 is 2.88 bits per heavy atom. The monoisotopic (exact) mass is 242 g/mol. The molecule has 0 aliphatic carbocycles. The highest BCUT2D eigenvalue weighted by molar-refractivity contribution is 5.72. The van der Waals surface area contributed by atoms with Gasteiger partial charge in [0.15, 0.2) is 11.5 Å². The van der Waals surface area contributed by atoms with Crippen molar-refractivity contribution in [3.05, 3.63) is 17.4 Å². The van der Waals surface area contributed by atoms with Gasteiger partial charge in [0.25, 0.3) is 0 Å². The fraction of sp³-hybridized carbons (Fsp3) is 0.364. The van der Waals surface area contributed by atoms with E-state index in [9.17, 15) is 9.18 Å². The predicted octanol–water partition coefficient (Wildman–Crippen LogP) is 1.23. The zero-order valence-electron chi connectivity index (χ0n) is 9.16. The minimum absolute atomic E-state index is 0.0257. The number of fused-ring (bicyclic) bond motifs is 1. The predicted molar refractivity (Wildman–Crippen MR) is 55.3 cm³/mol. The smallest absolute Gasteiger partial charge is 0.307 e. The van der Waals surface area contributed by atoms with Crippen molar-refractivity contribution >= 4 is 5.97 Å². The quantitative estimate of drug-likeness (QED) is 0.863. The molecule has 0 radical (unpaired) electrons.